The maximum Gasteiger partial charge on any atom is 0.326 e. The summed E-state index contributed by atoms with van der Waals surface area (Å²) in [7, 11) is 0. The fraction of sp³-hybridized carbons (Fsp3) is 0. The molecule has 4 rings (SSSR count). The minimum atomic E-state index is -0.488. The first-order chi connectivity index (χ1) is 11.2. The average molecular weight is 320 g/mol. The fourth-order valence-electron chi connectivity index (χ4n) is 2.57. The average Bonchev–Trinajstić information content (AvgIpc) is 2.55. The highest BCUT2D eigenvalue weighted by Gasteiger charge is 2.04. The number of benzene rings is 3. The third-order valence-corrected chi connectivity index (χ3v) is 4.65. The van der Waals surface area contributed by atoms with Crippen LogP contribution >= 0.6 is 11.8 Å². The van der Waals surface area contributed by atoms with Crippen molar-refractivity contribution in [3.8, 4) is 0 Å². The molecule has 0 aliphatic heterocycles. The lowest BCUT2D eigenvalue weighted by molar-refractivity contribution is 1.08. The molecule has 0 bridgehead atoms. The van der Waals surface area contributed by atoms with Crippen LogP contribution in [0.3, 0.4) is 0 Å². The molecule has 2 N–H and O–H groups in total. The molecule has 0 saturated heterocycles. The van der Waals surface area contributed by atoms with Crippen LogP contribution in [-0.2, 0) is 0 Å². The molecular formula is C18H12N2O2S. The Hall–Kier alpha value is -2.79. The second-order valence-electron chi connectivity index (χ2n) is 5.23. The predicted octanol–water partition coefficient (Wildman–Crippen LogP) is 3.52. The van der Waals surface area contributed by atoms with E-state index in [0.717, 1.165) is 9.79 Å². The molecule has 1 heterocycles. The number of aromatic nitrogens is 2. The van der Waals surface area contributed by atoms with Gasteiger partial charge in [0.05, 0.1) is 10.9 Å². The molecule has 0 unspecified atom stereocenters. The van der Waals surface area contributed by atoms with Crippen molar-refractivity contribution in [2.24, 2.45) is 0 Å². The van der Waals surface area contributed by atoms with Gasteiger partial charge in [0, 0.05) is 9.79 Å². The van der Waals surface area contributed by atoms with Gasteiger partial charge in [-0.2, -0.15) is 0 Å². The van der Waals surface area contributed by atoms with Gasteiger partial charge in [-0.1, -0.05) is 42.1 Å². The Morgan fingerprint density at radius 3 is 2.35 bits per heavy atom. The van der Waals surface area contributed by atoms with E-state index in [2.05, 4.69) is 40.3 Å². The van der Waals surface area contributed by atoms with Gasteiger partial charge < -0.3 is 4.98 Å². The Kier molecular flexibility index (Phi) is 3.28. The molecule has 0 aliphatic rings. The Morgan fingerprint density at radius 2 is 1.48 bits per heavy atom. The van der Waals surface area contributed by atoms with Crippen LogP contribution in [0, 0.1) is 0 Å². The zero-order valence-electron chi connectivity index (χ0n) is 12.0. The van der Waals surface area contributed by atoms with Crippen LogP contribution in [0.2, 0.25) is 0 Å². The van der Waals surface area contributed by atoms with Crippen molar-refractivity contribution in [2.45, 2.75) is 9.79 Å². The van der Waals surface area contributed by atoms with Gasteiger partial charge in [0.2, 0.25) is 0 Å². The highest BCUT2D eigenvalue weighted by Crippen LogP contribution is 2.31. The van der Waals surface area contributed by atoms with Crippen LogP contribution in [0.25, 0.3) is 21.7 Å². The van der Waals surface area contributed by atoms with Gasteiger partial charge in [-0.05, 0) is 41.1 Å². The molecule has 0 aliphatic carbocycles. The SMILES string of the molecule is O=c1[nH]c(=O)c2cc(Sc3ccc4ccccc4c3)ccc2[nH]1. The summed E-state index contributed by atoms with van der Waals surface area (Å²) in [6.45, 7) is 0. The Morgan fingerprint density at radius 1 is 0.739 bits per heavy atom. The summed E-state index contributed by atoms with van der Waals surface area (Å²) >= 11 is 1.59. The van der Waals surface area contributed by atoms with Crippen LogP contribution in [0.5, 0.6) is 0 Å². The van der Waals surface area contributed by atoms with E-state index in [0.29, 0.717) is 10.9 Å². The van der Waals surface area contributed by atoms with Crippen molar-refractivity contribution in [1.29, 1.82) is 0 Å². The zero-order valence-corrected chi connectivity index (χ0v) is 12.8. The molecule has 0 radical (unpaired) electrons. The molecule has 0 fully saturated rings. The number of nitrogens with one attached hydrogen (secondary N) is 2. The number of hydrogen-bond acceptors (Lipinski definition) is 3. The van der Waals surface area contributed by atoms with Crippen LogP contribution in [0.4, 0.5) is 0 Å². The summed E-state index contributed by atoms with van der Waals surface area (Å²) in [5.74, 6) is 0. The summed E-state index contributed by atoms with van der Waals surface area (Å²) < 4.78 is 0. The van der Waals surface area contributed by atoms with E-state index in [1.54, 1.807) is 23.9 Å². The second-order valence-corrected chi connectivity index (χ2v) is 6.37. The third kappa shape index (κ3) is 2.66. The van der Waals surface area contributed by atoms with Gasteiger partial charge >= 0.3 is 5.69 Å². The molecule has 0 saturated carbocycles. The monoisotopic (exact) mass is 320 g/mol. The first-order valence-electron chi connectivity index (χ1n) is 7.12. The van der Waals surface area contributed by atoms with E-state index >= 15 is 0 Å². The summed E-state index contributed by atoms with van der Waals surface area (Å²) in [6, 6.07) is 19.9. The number of fused-ring (bicyclic) bond motifs is 2. The van der Waals surface area contributed by atoms with Gasteiger partial charge in [-0.15, -0.1) is 0 Å². The standard InChI is InChI=1S/C18H12N2O2S/c21-17-15-10-14(7-8-16(15)19-18(22)20-17)23-13-6-5-11-3-1-2-4-12(11)9-13/h1-10H,(H2,19,20,21,22). The van der Waals surface area contributed by atoms with Crippen molar-refractivity contribution < 1.29 is 0 Å². The molecule has 0 atom stereocenters. The largest absolute Gasteiger partial charge is 0.326 e. The van der Waals surface area contributed by atoms with Crippen molar-refractivity contribution >= 4 is 33.4 Å². The molecule has 4 aromatic rings. The maximum absolute atomic E-state index is 11.9. The van der Waals surface area contributed by atoms with Crippen molar-refractivity contribution in [2.75, 3.05) is 0 Å². The summed E-state index contributed by atoms with van der Waals surface area (Å²) in [5, 5.41) is 2.86. The molecule has 0 spiro atoms. The zero-order chi connectivity index (χ0) is 15.8. The molecule has 1 aromatic heterocycles. The minimum absolute atomic E-state index is 0.371. The van der Waals surface area contributed by atoms with E-state index in [1.165, 1.54) is 10.8 Å². The summed E-state index contributed by atoms with van der Waals surface area (Å²) in [6.07, 6.45) is 0. The third-order valence-electron chi connectivity index (χ3n) is 3.67. The lowest BCUT2D eigenvalue weighted by Gasteiger charge is -2.05. The molecule has 3 aromatic carbocycles. The number of H-pyrrole nitrogens is 2. The van der Waals surface area contributed by atoms with Crippen LogP contribution < -0.4 is 11.2 Å². The highest BCUT2D eigenvalue weighted by molar-refractivity contribution is 7.99. The molecule has 112 valence electrons. The van der Waals surface area contributed by atoms with E-state index in [9.17, 15) is 9.59 Å². The van der Waals surface area contributed by atoms with Crippen molar-refractivity contribution in [1.82, 2.24) is 9.97 Å². The smallest absolute Gasteiger partial charge is 0.307 e. The van der Waals surface area contributed by atoms with E-state index in [-0.39, 0.29) is 5.56 Å². The molecule has 23 heavy (non-hydrogen) atoms. The van der Waals surface area contributed by atoms with Crippen LogP contribution in [0.15, 0.2) is 80.0 Å². The van der Waals surface area contributed by atoms with Gasteiger partial charge in [0.15, 0.2) is 0 Å². The summed E-state index contributed by atoms with van der Waals surface area (Å²) in [5.41, 5.74) is -0.316. The van der Waals surface area contributed by atoms with Crippen molar-refractivity contribution in [3.05, 3.63) is 81.5 Å². The second kappa shape index (κ2) is 5.44. The number of rotatable bonds is 2. The predicted molar refractivity (Wildman–Crippen MR) is 93.3 cm³/mol. The highest BCUT2D eigenvalue weighted by atomic mass is 32.2. The Bertz CT molecular complexity index is 1140. The first kappa shape index (κ1) is 13.8. The van der Waals surface area contributed by atoms with E-state index in [4.69, 9.17) is 0 Å². The summed E-state index contributed by atoms with van der Waals surface area (Å²) in [4.78, 5) is 30.1. The van der Waals surface area contributed by atoms with Gasteiger partial charge in [-0.3, -0.25) is 9.78 Å². The molecule has 5 heteroatoms. The normalized spacial score (nSPS) is 11.1. The number of hydrogen-bond donors (Lipinski definition) is 2. The van der Waals surface area contributed by atoms with Gasteiger partial charge in [-0.25, -0.2) is 4.79 Å². The van der Waals surface area contributed by atoms with Crippen molar-refractivity contribution in [3.63, 3.8) is 0 Å². The Balaban J connectivity index is 1.76. The van der Waals surface area contributed by atoms with E-state index < -0.39 is 5.69 Å². The topological polar surface area (TPSA) is 65.7 Å². The van der Waals surface area contributed by atoms with Gasteiger partial charge in [0.25, 0.3) is 5.56 Å². The fourth-order valence-corrected chi connectivity index (χ4v) is 3.48. The quantitative estimate of drug-likeness (QED) is 0.594. The van der Waals surface area contributed by atoms with Crippen LogP contribution in [0.1, 0.15) is 0 Å². The molecule has 0 amide bonds. The maximum atomic E-state index is 11.9. The number of aromatic amines is 2. The molecule has 4 nitrogen and oxygen atoms in total. The van der Waals surface area contributed by atoms with E-state index in [1.807, 2.05) is 18.2 Å². The van der Waals surface area contributed by atoms with Gasteiger partial charge in [0.1, 0.15) is 0 Å². The molecular weight excluding hydrogens is 308 g/mol. The first-order valence-corrected chi connectivity index (χ1v) is 7.94. The lowest BCUT2D eigenvalue weighted by Crippen LogP contribution is -2.21. The van der Waals surface area contributed by atoms with Crippen LogP contribution in [-0.4, -0.2) is 9.97 Å². The Labute approximate surface area is 135 Å². The minimum Gasteiger partial charge on any atom is -0.307 e. The lowest BCUT2D eigenvalue weighted by atomic mass is 10.1.